The van der Waals surface area contributed by atoms with Crippen LogP contribution in [0, 0.1) is 6.92 Å². The van der Waals surface area contributed by atoms with Crippen LogP contribution in [0.4, 0.5) is 5.69 Å². The van der Waals surface area contributed by atoms with Gasteiger partial charge in [0, 0.05) is 12.1 Å². The summed E-state index contributed by atoms with van der Waals surface area (Å²) >= 11 is 0. The molecule has 0 fully saturated rings. The molecule has 2 N–H and O–H groups in total. The maximum Gasteiger partial charge on any atom is 0.261 e. The highest BCUT2D eigenvalue weighted by atomic mass is 32.2. The molecule has 0 bridgehead atoms. The van der Waals surface area contributed by atoms with Crippen LogP contribution in [0.25, 0.3) is 0 Å². The number of carbonyl (C=O) groups is 1. The lowest BCUT2D eigenvalue weighted by molar-refractivity contribution is 0.0951. The zero-order chi connectivity index (χ0) is 22.4. The van der Waals surface area contributed by atoms with E-state index in [0.29, 0.717) is 17.8 Å². The Labute approximate surface area is 184 Å². The Kier molecular flexibility index (Phi) is 7.13. The number of benzene rings is 3. The van der Waals surface area contributed by atoms with E-state index in [1.807, 2.05) is 0 Å². The number of aryl methyl sites for hydroxylation is 3. The molecule has 3 aromatic rings. The van der Waals surface area contributed by atoms with Crippen LogP contribution in [0.1, 0.15) is 46.5 Å². The van der Waals surface area contributed by atoms with Crippen molar-refractivity contribution < 1.29 is 13.2 Å². The molecule has 0 saturated carbocycles. The molecule has 0 unspecified atom stereocenters. The van der Waals surface area contributed by atoms with Crippen molar-refractivity contribution in [1.29, 1.82) is 0 Å². The van der Waals surface area contributed by atoms with Crippen LogP contribution in [-0.4, -0.2) is 14.3 Å². The van der Waals surface area contributed by atoms with Crippen LogP contribution in [0.15, 0.2) is 71.6 Å². The highest BCUT2D eigenvalue weighted by molar-refractivity contribution is 7.92. The minimum absolute atomic E-state index is 0.173. The summed E-state index contributed by atoms with van der Waals surface area (Å²) in [5, 5.41) is 2.97. The van der Waals surface area contributed by atoms with Crippen molar-refractivity contribution in [3.8, 4) is 0 Å². The number of amides is 1. The normalized spacial score (nSPS) is 11.2. The number of hydrogen-bond acceptors (Lipinski definition) is 3. The fourth-order valence-electron chi connectivity index (χ4n) is 3.36. The lowest BCUT2D eigenvalue weighted by Gasteiger charge is -2.14. The summed E-state index contributed by atoms with van der Waals surface area (Å²) in [6, 6.07) is 19.6. The van der Waals surface area contributed by atoms with E-state index in [9.17, 15) is 13.2 Å². The van der Waals surface area contributed by atoms with Gasteiger partial charge in [-0.05, 0) is 66.3 Å². The summed E-state index contributed by atoms with van der Waals surface area (Å²) in [5.41, 5.74) is 5.07. The first kappa shape index (κ1) is 22.6. The van der Waals surface area contributed by atoms with Gasteiger partial charge >= 0.3 is 0 Å². The van der Waals surface area contributed by atoms with Gasteiger partial charge in [-0.1, -0.05) is 56.3 Å². The van der Waals surface area contributed by atoms with Crippen molar-refractivity contribution in [2.24, 2.45) is 0 Å². The van der Waals surface area contributed by atoms with E-state index in [4.69, 9.17) is 0 Å². The van der Waals surface area contributed by atoms with Gasteiger partial charge in [0.05, 0.1) is 10.6 Å². The summed E-state index contributed by atoms with van der Waals surface area (Å²) < 4.78 is 27.9. The summed E-state index contributed by atoms with van der Waals surface area (Å²) in [6.07, 6.45) is 1.83. The first-order valence-electron chi connectivity index (χ1n) is 10.4. The topological polar surface area (TPSA) is 75.3 Å². The number of rotatable bonds is 8. The third kappa shape index (κ3) is 5.52. The maximum atomic E-state index is 12.8. The Morgan fingerprint density at radius 1 is 0.871 bits per heavy atom. The van der Waals surface area contributed by atoms with Gasteiger partial charge in [0.25, 0.3) is 15.9 Å². The van der Waals surface area contributed by atoms with Crippen molar-refractivity contribution in [2.45, 2.75) is 45.1 Å². The predicted octanol–water partition coefficient (Wildman–Crippen LogP) is 4.85. The molecular formula is C25H28N2O3S. The smallest absolute Gasteiger partial charge is 0.261 e. The molecule has 6 heteroatoms. The highest BCUT2D eigenvalue weighted by Gasteiger charge is 2.16. The highest BCUT2D eigenvalue weighted by Crippen LogP contribution is 2.21. The average molecular weight is 437 g/mol. The zero-order valence-electron chi connectivity index (χ0n) is 18.1. The number of sulfonamides is 1. The standard InChI is InChI=1S/C25H28N2O3S/c1-4-19-12-14-20(5-2)22(15-19)17-26-25(28)21-13-11-18(3)24(16-21)27-31(29,30)23-9-7-6-8-10-23/h6-16,27H,4-5,17H2,1-3H3,(H,26,28). The second kappa shape index (κ2) is 9.79. The van der Waals surface area contributed by atoms with E-state index in [2.05, 4.69) is 42.1 Å². The van der Waals surface area contributed by atoms with Crippen molar-refractivity contribution >= 4 is 21.6 Å². The molecule has 3 rings (SSSR count). The van der Waals surface area contributed by atoms with E-state index in [1.165, 1.54) is 23.3 Å². The monoisotopic (exact) mass is 436 g/mol. The van der Waals surface area contributed by atoms with Crippen LogP contribution in [0.5, 0.6) is 0 Å². The largest absolute Gasteiger partial charge is 0.348 e. The van der Waals surface area contributed by atoms with Gasteiger partial charge in [-0.3, -0.25) is 9.52 Å². The molecule has 162 valence electrons. The van der Waals surface area contributed by atoms with Crippen molar-refractivity contribution in [2.75, 3.05) is 4.72 Å². The summed E-state index contributed by atoms with van der Waals surface area (Å²) in [7, 11) is -3.73. The average Bonchev–Trinajstić information content (AvgIpc) is 2.79. The second-order valence-electron chi connectivity index (χ2n) is 7.44. The summed E-state index contributed by atoms with van der Waals surface area (Å²) in [5.74, 6) is -0.246. The Bertz CT molecular complexity index is 1170. The lowest BCUT2D eigenvalue weighted by Crippen LogP contribution is -2.24. The van der Waals surface area contributed by atoms with E-state index in [1.54, 1.807) is 43.3 Å². The molecule has 31 heavy (non-hydrogen) atoms. The minimum atomic E-state index is -3.73. The molecule has 0 spiro atoms. The molecule has 3 aromatic carbocycles. The maximum absolute atomic E-state index is 12.8. The Morgan fingerprint density at radius 3 is 2.29 bits per heavy atom. The van der Waals surface area contributed by atoms with Crippen LogP contribution >= 0.6 is 0 Å². The van der Waals surface area contributed by atoms with Crippen LogP contribution in [0.2, 0.25) is 0 Å². The molecule has 0 aliphatic rings. The lowest BCUT2D eigenvalue weighted by atomic mass is 10.0. The number of nitrogens with one attached hydrogen (secondary N) is 2. The first-order chi connectivity index (χ1) is 14.8. The summed E-state index contributed by atoms with van der Waals surface area (Å²) in [4.78, 5) is 13.0. The predicted molar refractivity (Wildman–Crippen MR) is 125 cm³/mol. The second-order valence-corrected chi connectivity index (χ2v) is 9.12. The van der Waals surface area contributed by atoms with Crippen LogP contribution in [0.3, 0.4) is 0 Å². The third-order valence-electron chi connectivity index (χ3n) is 5.30. The van der Waals surface area contributed by atoms with Crippen LogP contribution < -0.4 is 10.0 Å². The number of anilines is 1. The number of carbonyl (C=O) groups excluding carboxylic acids is 1. The SMILES string of the molecule is CCc1ccc(CC)c(CNC(=O)c2ccc(C)c(NS(=O)(=O)c3ccccc3)c2)c1. The van der Waals surface area contributed by atoms with Gasteiger partial charge in [0.2, 0.25) is 0 Å². The van der Waals surface area contributed by atoms with Gasteiger partial charge in [-0.15, -0.1) is 0 Å². The molecule has 0 aliphatic heterocycles. The first-order valence-corrected chi connectivity index (χ1v) is 11.9. The minimum Gasteiger partial charge on any atom is -0.348 e. The molecule has 0 heterocycles. The van der Waals surface area contributed by atoms with Crippen molar-refractivity contribution in [3.05, 3.63) is 94.5 Å². The third-order valence-corrected chi connectivity index (χ3v) is 6.68. The molecule has 5 nitrogen and oxygen atoms in total. The molecular weight excluding hydrogens is 408 g/mol. The van der Waals surface area contributed by atoms with Gasteiger partial charge in [-0.25, -0.2) is 8.42 Å². The molecule has 0 atom stereocenters. The van der Waals surface area contributed by atoms with Crippen molar-refractivity contribution in [1.82, 2.24) is 5.32 Å². The van der Waals surface area contributed by atoms with Gasteiger partial charge in [0.15, 0.2) is 0 Å². The fraction of sp³-hybridized carbons (Fsp3) is 0.240. The van der Waals surface area contributed by atoms with Crippen molar-refractivity contribution in [3.63, 3.8) is 0 Å². The van der Waals surface area contributed by atoms with Gasteiger partial charge in [0.1, 0.15) is 0 Å². The van der Waals surface area contributed by atoms with E-state index < -0.39 is 10.0 Å². The molecule has 0 radical (unpaired) electrons. The quantitative estimate of drug-likeness (QED) is 0.530. The van der Waals surface area contributed by atoms with Gasteiger partial charge < -0.3 is 5.32 Å². The van der Waals surface area contributed by atoms with E-state index >= 15 is 0 Å². The Hall–Kier alpha value is -3.12. The Balaban J connectivity index is 1.78. The molecule has 0 saturated heterocycles. The van der Waals surface area contributed by atoms with Gasteiger partial charge in [-0.2, -0.15) is 0 Å². The Morgan fingerprint density at radius 2 is 1.61 bits per heavy atom. The van der Waals surface area contributed by atoms with E-state index in [0.717, 1.165) is 24.0 Å². The van der Waals surface area contributed by atoms with E-state index in [-0.39, 0.29) is 10.8 Å². The number of hydrogen-bond donors (Lipinski definition) is 2. The van der Waals surface area contributed by atoms with Crippen LogP contribution in [-0.2, 0) is 29.4 Å². The fourth-order valence-corrected chi connectivity index (χ4v) is 4.51. The zero-order valence-corrected chi connectivity index (χ0v) is 18.9. The molecule has 0 aliphatic carbocycles. The molecule has 0 aromatic heterocycles. The molecule has 1 amide bonds. The summed E-state index contributed by atoms with van der Waals surface area (Å²) in [6.45, 7) is 6.42.